The van der Waals surface area contributed by atoms with Crippen molar-refractivity contribution in [2.45, 2.75) is 26.4 Å². The second kappa shape index (κ2) is 4.29. The van der Waals surface area contributed by atoms with Crippen LogP contribution in [0, 0.1) is 6.92 Å². The highest BCUT2D eigenvalue weighted by atomic mass is 32.1. The van der Waals surface area contributed by atoms with E-state index < -0.39 is 0 Å². The average molecular weight is 235 g/mol. The summed E-state index contributed by atoms with van der Waals surface area (Å²) < 4.78 is 0. The van der Waals surface area contributed by atoms with E-state index in [0.717, 1.165) is 17.1 Å². The molecule has 0 amide bonds. The van der Waals surface area contributed by atoms with Crippen LogP contribution in [0.1, 0.15) is 29.8 Å². The van der Waals surface area contributed by atoms with Crippen molar-refractivity contribution in [2.75, 3.05) is 5.73 Å². The zero-order valence-electron chi connectivity index (χ0n) is 9.54. The first-order valence-corrected chi connectivity index (χ1v) is 5.87. The average Bonchev–Trinajstić information content (AvgIpc) is 2.63. The maximum atomic E-state index is 5.86. The lowest BCUT2D eigenvalue weighted by Crippen LogP contribution is -2.24. The second-order valence-corrected chi connectivity index (χ2v) is 4.52. The summed E-state index contributed by atoms with van der Waals surface area (Å²) in [4.78, 5) is 0. The number of anilines is 1. The van der Waals surface area contributed by atoms with Crippen molar-refractivity contribution in [1.82, 2.24) is 10.6 Å². The third-order valence-electron chi connectivity index (χ3n) is 2.84. The molecule has 2 rings (SSSR count). The van der Waals surface area contributed by atoms with Crippen molar-refractivity contribution < 1.29 is 0 Å². The number of rotatable bonds is 2. The third-order valence-corrected chi connectivity index (χ3v) is 3.10. The standard InChI is InChI=1S/C12H17N3S/c1-3-8-5-9(13)4-7(2)11(8)12-14-6-10(16)15-12/h4-6,12,14-16H,3,13H2,1-2H3. The van der Waals surface area contributed by atoms with Crippen LogP contribution in [0.25, 0.3) is 0 Å². The van der Waals surface area contributed by atoms with Gasteiger partial charge in [-0.1, -0.05) is 6.92 Å². The van der Waals surface area contributed by atoms with Gasteiger partial charge < -0.3 is 16.4 Å². The molecule has 1 aromatic carbocycles. The monoisotopic (exact) mass is 235 g/mol. The summed E-state index contributed by atoms with van der Waals surface area (Å²) in [6.45, 7) is 4.23. The van der Waals surface area contributed by atoms with Gasteiger partial charge in [-0.3, -0.25) is 0 Å². The molecule has 0 saturated heterocycles. The first kappa shape index (κ1) is 11.2. The number of aryl methyl sites for hydroxylation is 2. The van der Waals surface area contributed by atoms with Crippen LogP contribution in [-0.2, 0) is 6.42 Å². The van der Waals surface area contributed by atoms with Crippen LogP contribution in [0.3, 0.4) is 0 Å². The van der Waals surface area contributed by atoms with Crippen LogP contribution in [0.15, 0.2) is 23.4 Å². The highest BCUT2D eigenvalue weighted by Crippen LogP contribution is 2.27. The fourth-order valence-electron chi connectivity index (χ4n) is 2.16. The molecule has 0 fully saturated rings. The van der Waals surface area contributed by atoms with E-state index >= 15 is 0 Å². The minimum Gasteiger partial charge on any atom is -0.399 e. The lowest BCUT2D eigenvalue weighted by atomic mass is 9.97. The Morgan fingerprint density at radius 3 is 2.75 bits per heavy atom. The Hall–Kier alpha value is -1.29. The minimum atomic E-state index is 0.114. The normalized spacial score (nSPS) is 18.9. The summed E-state index contributed by atoms with van der Waals surface area (Å²) in [5.41, 5.74) is 10.4. The summed E-state index contributed by atoms with van der Waals surface area (Å²) in [6.07, 6.45) is 2.97. The molecule has 16 heavy (non-hydrogen) atoms. The van der Waals surface area contributed by atoms with Crippen LogP contribution in [0.5, 0.6) is 0 Å². The maximum Gasteiger partial charge on any atom is 0.124 e. The Bertz CT molecular complexity index is 440. The Morgan fingerprint density at radius 1 is 1.44 bits per heavy atom. The number of nitrogen functional groups attached to an aromatic ring is 1. The van der Waals surface area contributed by atoms with Gasteiger partial charge in [-0.2, -0.15) is 0 Å². The van der Waals surface area contributed by atoms with E-state index in [1.807, 2.05) is 18.3 Å². The zero-order valence-corrected chi connectivity index (χ0v) is 10.4. The molecule has 1 heterocycles. The maximum absolute atomic E-state index is 5.86. The van der Waals surface area contributed by atoms with E-state index in [1.54, 1.807) is 0 Å². The minimum absolute atomic E-state index is 0.114. The second-order valence-electron chi connectivity index (χ2n) is 4.04. The van der Waals surface area contributed by atoms with Gasteiger partial charge in [0, 0.05) is 17.5 Å². The highest BCUT2D eigenvalue weighted by Gasteiger charge is 2.20. The van der Waals surface area contributed by atoms with Crippen LogP contribution >= 0.6 is 12.6 Å². The van der Waals surface area contributed by atoms with Gasteiger partial charge >= 0.3 is 0 Å². The molecule has 1 aromatic rings. The largest absolute Gasteiger partial charge is 0.399 e. The molecule has 4 heteroatoms. The molecule has 1 aliphatic heterocycles. The van der Waals surface area contributed by atoms with Crippen molar-refractivity contribution >= 4 is 18.3 Å². The quantitative estimate of drug-likeness (QED) is 0.469. The Labute approximate surface area is 102 Å². The van der Waals surface area contributed by atoms with Crippen LogP contribution < -0.4 is 16.4 Å². The van der Waals surface area contributed by atoms with Gasteiger partial charge in [-0.05, 0) is 36.6 Å². The van der Waals surface area contributed by atoms with E-state index in [2.05, 4.69) is 37.1 Å². The molecule has 0 bridgehead atoms. The summed E-state index contributed by atoms with van der Waals surface area (Å²) in [6, 6.07) is 4.05. The summed E-state index contributed by atoms with van der Waals surface area (Å²) in [5.74, 6) is 0. The van der Waals surface area contributed by atoms with Crippen LogP contribution in [0.2, 0.25) is 0 Å². The fraction of sp³-hybridized carbons (Fsp3) is 0.333. The number of nitrogens with two attached hydrogens (primary N) is 1. The van der Waals surface area contributed by atoms with Crippen molar-refractivity contribution in [3.05, 3.63) is 40.1 Å². The smallest absolute Gasteiger partial charge is 0.124 e. The number of hydrogen-bond donors (Lipinski definition) is 4. The van der Waals surface area contributed by atoms with Crippen molar-refractivity contribution in [3.8, 4) is 0 Å². The molecule has 0 aromatic heterocycles. The molecular weight excluding hydrogens is 218 g/mol. The molecule has 0 spiro atoms. The van der Waals surface area contributed by atoms with Gasteiger partial charge in [0.25, 0.3) is 0 Å². The van der Waals surface area contributed by atoms with Gasteiger partial charge in [0.1, 0.15) is 6.17 Å². The van der Waals surface area contributed by atoms with Gasteiger partial charge in [-0.15, -0.1) is 12.6 Å². The van der Waals surface area contributed by atoms with Gasteiger partial charge in [0.15, 0.2) is 0 Å². The molecule has 3 nitrogen and oxygen atoms in total. The van der Waals surface area contributed by atoms with Crippen molar-refractivity contribution in [1.29, 1.82) is 0 Å². The van der Waals surface area contributed by atoms with Crippen LogP contribution in [-0.4, -0.2) is 0 Å². The lowest BCUT2D eigenvalue weighted by Gasteiger charge is -2.20. The molecule has 1 unspecified atom stereocenters. The fourth-order valence-corrected chi connectivity index (χ4v) is 2.36. The van der Waals surface area contributed by atoms with E-state index in [0.29, 0.717) is 0 Å². The molecule has 0 saturated carbocycles. The number of hydrogen-bond acceptors (Lipinski definition) is 4. The highest BCUT2D eigenvalue weighted by molar-refractivity contribution is 7.84. The number of thiol groups is 1. The van der Waals surface area contributed by atoms with Crippen molar-refractivity contribution in [2.24, 2.45) is 0 Å². The summed E-state index contributed by atoms with van der Waals surface area (Å²) in [5, 5.41) is 7.41. The zero-order chi connectivity index (χ0) is 11.7. The Balaban J connectivity index is 2.40. The summed E-state index contributed by atoms with van der Waals surface area (Å²) in [7, 11) is 0. The topological polar surface area (TPSA) is 50.1 Å². The molecule has 1 atom stereocenters. The predicted octanol–water partition coefficient (Wildman–Crippen LogP) is 2.06. The Morgan fingerprint density at radius 2 is 2.19 bits per heavy atom. The third kappa shape index (κ3) is 1.97. The van der Waals surface area contributed by atoms with Gasteiger partial charge in [-0.25, -0.2) is 0 Å². The van der Waals surface area contributed by atoms with Gasteiger partial charge in [0.05, 0.1) is 5.03 Å². The van der Waals surface area contributed by atoms with E-state index in [9.17, 15) is 0 Å². The van der Waals surface area contributed by atoms with Crippen molar-refractivity contribution in [3.63, 3.8) is 0 Å². The van der Waals surface area contributed by atoms with E-state index in [-0.39, 0.29) is 6.17 Å². The van der Waals surface area contributed by atoms with E-state index in [4.69, 9.17) is 5.73 Å². The Kier molecular flexibility index (Phi) is 3.01. The first-order chi connectivity index (χ1) is 7.61. The van der Waals surface area contributed by atoms with E-state index in [1.165, 1.54) is 16.7 Å². The van der Waals surface area contributed by atoms with Gasteiger partial charge in [0.2, 0.25) is 0 Å². The molecule has 0 radical (unpaired) electrons. The number of benzene rings is 1. The predicted molar refractivity (Wildman–Crippen MR) is 71.1 cm³/mol. The summed E-state index contributed by atoms with van der Waals surface area (Å²) >= 11 is 4.28. The molecule has 86 valence electrons. The number of nitrogens with one attached hydrogen (secondary N) is 2. The first-order valence-electron chi connectivity index (χ1n) is 5.42. The lowest BCUT2D eigenvalue weighted by molar-refractivity contribution is 0.595. The molecule has 4 N–H and O–H groups in total. The SMILES string of the molecule is CCc1cc(N)cc(C)c1C1NC=C(S)N1. The molecule has 1 aliphatic rings. The molecule has 0 aliphatic carbocycles. The van der Waals surface area contributed by atoms with Crippen LogP contribution in [0.4, 0.5) is 5.69 Å². The molecular formula is C12H17N3S.